The second-order valence-corrected chi connectivity index (χ2v) is 7.40. The molecule has 1 saturated carbocycles. The summed E-state index contributed by atoms with van der Waals surface area (Å²) in [5, 5.41) is 0. The largest absolute Gasteiger partial charge is 0.329 e. The first kappa shape index (κ1) is 14.1. The predicted molar refractivity (Wildman–Crippen MR) is 84.8 cm³/mol. The minimum Gasteiger partial charge on any atom is -0.329 e. The maximum atomic E-state index is 6.10. The number of rotatable bonds is 4. The lowest BCUT2D eigenvalue weighted by atomic mass is 9.82. The van der Waals surface area contributed by atoms with Crippen LogP contribution in [0.4, 0.5) is 0 Å². The summed E-state index contributed by atoms with van der Waals surface area (Å²) in [7, 11) is 0. The van der Waals surface area contributed by atoms with Crippen LogP contribution in [0.1, 0.15) is 62.6 Å². The zero-order chi connectivity index (χ0) is 14.2. The molecule has 0 radical (unpaired) electrons. The third-order valence-corrected chi connectivity index (χ3v) is 5.16. The van der Waals surface area contributed by atoms with Gasteiger partial charge < -0.3 is 5.73 Å². The normalized spacial score (nSPS) is 24.6. The van der Waals surface area contributed by atoms with Crippen molar-refractivity contribution in [2.24, 2.45) is 11.1 Å². The van der Waals surface area contributed by atoms with E-state index in [1.165, 1.54) is 49.9 Å². The van der Waals surface area contributed by atoms with Crippen molar-refractivity contribution in [1.82, 2.24) is 4.90 Å². The van der Waals surface area contributed by atoms with Crippen molar-refractivity contribution in [2.45, 2.75) is 51.5 Å². The summed E-state index contributed by atoms with van der Waals surface area (Å²) in [5.41, 5.74) is 9.56. The molecule has 1 unspecified atom stereocenters. The van der Waals surface area contributed by atoms with Gasteiger partial charge in [-0.25, -0.2) is 0 Å². The molecule has 1 atom stereocenters. The molecule has 20 heavy (non-hydrogen) atoms. The monoisotopic (exact) mass is 272 g/mol. The number of nitrogens with two attached hydrogens (primary N) is 1. The van der Waals surface area contributed by atoms with Gasteiger partial charge in [0.05, 0.1) is 0 Å². The van der Waals surface area contributed by atoms with Crippen LogP contribution in [0.3, 0.4) is 0 Å². The van der Waals surface area contributed by atoms with Crippen molar-refractivity contribution >= 4 is 0 Å². The van der Waals surface area contributed by atoms with Crippen LogP contribution < -0.4 is 5.73 Å². The maximum Gasteiger partial charge on any atom is 0.0470 e. The summed E-state index contributed by atoms with van der Waals surface area (Å²) in [6.45, 7) is 7.87. The Morgan fingerprint density at radius 3 is 2.55 bits per heavy atom. The van der Waals surface area contributed by atoms with Crippen molar-refractivity contribution in [3.05, 3.63) is 35.4 Å². The molecule has 1 aliphatic heterocycles. The van der Waals surface area contributed by atoms with Gasteiger partial charge in [-0.15, -0.1) is 0 Å². The van der Waals surface area contributed by atoms with Crippen LogP contribution in [-0.4, -0.2) is 24.5 Å². The quantitative estimate of drug-likeness (QED) is 0.906. The Morgan fingerprint density at radius 1 is 1.25 bits per heavy atom. The van der Waals surface area contributed by atoms with E-state index in [-0.39, 0.29) is 0 Å². The van der Waals surface area contributed by atoms with E-state index < -0.39 is 0 Å². The van der Waals surface area contributed by atoms with Crippen molar-refractivity contribution in [3.8, 4) is 0 Å². The first-order valence-corrected chi connectivity index (χ1v) is 8.13. The molecule has 1 aromatic carbocycles. The standard InChI is InChI=1S/C18H28N2/c1-18(2)8-10-20(11-9-18)17(13-19)16-5-3-4-15(12-16)14-6-7-14/h3-5,12,14,17H,6-11,13,19H2,1-2H3. The number of nitrogens with zero attached hydrogens (tertiary/aromatic N) is 1. The molecule has 1 aliphatic carbocycles. The summed E-state index contributed by atoms with van der Waals surface area (Å²) in [5.74, 6) is 0.827. The van der Waals surface area contributed by atoms with E-state index in [1.807, 2.05) is 0 Å². The number of benzene rings is 1. The Kier molecular flexibility index (Phi) is 3.87. The van der Waals surface area contributed by atoms with Crippen LogP contribution >= 0.6 is 0 Å². The Hall–Kier alpha value is -0.860. The summed E-state index contributed by atoms with van der Waals surface area (Å²) in [6, 6.07) is 9.59. The lowest BCUT2D eigenvalue weighted by Gasteiger charge is -2.41. The number of likely N-dealkylation sites (tertiary alicyclic amines) is 1. The van der Waals surface area contributed by atoms with Gasteiger partial charge in [-0.2, -0.15) is 0 Å². The third kappa shape index (κ3) is 3.07. The fraction of sp³-hybridized carbons (Fsp3) is 0.667. The van der Waals surface area contributed by atoms with E-state index in [2.05, 4.69) is 43.0 Å². The molecular weight excluding hydrogens is 244 g/mol. The van der Waals surface area contributed by atoms with E-state index in [1.54, 1.807) is 0 Å². The average molecular weight is 272 g/mol. The lowest BCUT2D eigenvalue weighted by Crippen LogP contribution is -2.42. The molecule has 2 aliphatic rings. The van der Waals surface area contributed by atoms with Gasteiger partial charge in [-0.1, -0.05) is 38.1 Å². The number of hydrogen-bond donors (Lipinski definition) is 1. The minimum atomic E-state index is 0.407. The molecule has 1 saturated heterocycles. The topological polar surface area (TPSA) is 29.3 Å². The Bertz CT molecular complexity index is 452. The molecule has 2 nitrogen and oxygen atoms in total. The Labute approximate surface area is 123 Å². The molecule has 2 heteroatoms. The van der Waals surface area contributed by atoms with Crippen LogP contribution in [0.5, 0.6) is 0 Å². The third-order valence-electron chi connectivity index (χ3n) is 5.16. The van der Waals surface area contributed by atoms with Crippen molar-refractivity contribution in [2.75, 3.05) is 19.6 Å². The van der Waals surface area contributed by atoms with Crippen molar-refractivity contribution < 1.29 is 0 Å². The zero-order valence-corrected chi connectivity index (χ0v) is 12.9. The molecule has 110 valence electrons. The number of hydrogen-bond acceptors (Lipinski definition) is 2. The molecule has 1 heterocycles. The van der Waals surface area contributed by atoms with E-state index in [4.69, 9.17) is 5.73 Å². The van der Waals surface area contributed by atoms with Crippen molar-refractivity contribution in [3.63, 3.8) is 0 Å². The summed E-state index contributed by atoms with van der Waals surface area (Å²) in [4.78, 5) is 2.59. The van der Waals surface area contributed by atoms with Gasteiger partial charge in [-0.3, -0.25) is 4.90 Å². The molecule has 0 bridgehead atoms. The van der Waals surface area contributed by atoms with E-state index in [0.29, 0.717) is 11.5 Å². The maximum absolute atomic E-state index is 6.10. The number of piperidine rings is 1. The molecule has 1 aromatic rings. The fourth-order valence-electron chi connectivity index (χ4n) is 3.37. The summed E-state index contributed by atoms with van der Waals surface area (Å²) in [6.07, 6.45) is 5.31. The second-order valence-electron chi connectivity index (χ2n) is 7.40. The molecule has 0 aromatic heterocycles. The highest BCUT2D eigenvalue weighted by atomic mass is 15.2. The van der Waals surface area contributed by atoms with Crippen LogP contribution in [0.15, 0.2) is 24.3 Å². The molecule has 3 rings (SSSR count). The first-order valence-electron chi connectivity index (χ1n) is 8.13. The molecule has 0 amide bonds. The molecule has 0 spiro atoms. The SMILES string of the molecule is CC1(C)CCN(C(CN)c2cccc(C3CC3)c2)CC1. The van der Waals surface area contributed by atoms with Crippen LogP contribution in [-0.2, 0) is 0 Å². The highest BCUT2D eigenvalue weighted by molar-refractivity contribution is 5.31. The summed E-state index contributed by atoms with van der Waals surface area (Å²) >= 11 is 0. The Balaban J connectivity index is 1.74. The van der Waals surface area contributed by atoms with Gasteiger partial charge in [0.25, 0.3) is 0 Å². The van der Waals surface area contributed by atoms with E-state index >= 15 is 0 Å². The molecule has 2 fully saturated rings. The highest BCUT2D eigenvalue weighted by Gasteiger charge is 2.30. The van der Waals surface area contributed by atoms with Crippen molar-refractivity contribution in [1.29, 1.82) is 0 Å². The lowest BCUT2D eigenvalue weighted by molar-refractivity contribution is 0.0964. The Morgan fingerprint density at radius 2 is 1.95 bits per heavy atom. The van der Waals surface area contributed by atoms with Crippen LogP contribution in [0, 0.1) is 5.41 Å². The predicted octanol–water partition coefficient (Wildman–Crippen LogP) is 3.69. The van der Waals surface area contributed by atoms with Crippen LogP contribution in [0.25, 0.3) is 0 Å². The van der Waals surface area contributed by atoms with Gasteiger partial charge in [0.2, 0.25) is 0 Å². The molecule has 2 N–H and O–H groups in total. The second kappa shape index (κ2) is 5.50. The highest BCUT2D eigenvalue weighted by Crippen LogP contribution is 2.41. The molecular formula is C18H28N2. The van der Waals surface area contributed by atoms with Gasteiger partial charge >= 0.3 is 0 Å². The van der Waals surface area contributed by atoms with Gasteiger partial charge in [0.15, 0.2) is 0 Å². The van der Waals surface area contributed by atoms with E-state index in [0.717, 1.165) is 12.5 Å². The summed E-state index contributed by atoms with van der Waals surface area (Å²) < 4.78 is 0. The minimum absolute atomic E-state index is 0.407. The van der Waals surface area contributed by atoms with Crippen LogP contribution in [0.2, 0.25) is 0 Å². The van der Waals surface area contributed by atoms with Gasteiger partial charge in [-0.05, 0) is 61.2 Å². The zero-order valence-electron chi connectivity index (χ0n) is 12.9. The van der Waals surface area contributed by atoms with E-state index in [9.17, 15) is 0 Å². The fourth-order valence-corrected chi connectivity index (χ4v) is 3.37. The van der Waals surface area contributed by atoms with Gasteiger partial charge in [0, 0.05) is 12.6 Å². The van der Waals surface area contributed by atoms with Gasteiger partial charge in [0.1, 0.15) is 0 Å². The smallest absolute Gasteiger partial charge is 0.0470 e. The first-order chi connectivity index (χ1) is 9.59. The average Bonchev–Trinajstić information content (AvgIpc) is 3.26.